The normalized spacial score (nSPS) is 23.5. The van der Waals surface area contributed by atoms with E-state index < -0.39 is 16.1 Å². The second-order valence-corrected chi connectivity index (χ2v) is 8.43. The number of carbonyl (C=O) groups excluding carboxylic acids is 2. The number of hydrogen-bond acceptors (Lipinski definition) is 5. The van der Waals surface area contributed by atoms with E-state index in [-0.39, 0.29) is 24.9 Å². The van der Waals surface area contributed by atoms with Crippen molar-refractivity contribution in [3.63, 3.8) is 0 Å². The molecule has 0 saturated carbocycles. The molecule has 2 aliphatic heterocycles. The number of carbonyl (C=O) groups is 2. The first-order chi connectivity index (χ1) is 10.5. The first-order valence-electron chi connectivity index (χ1n) is 7.10. The smallest absolute Gasteiger partial charge is 0.252 e. The van der Waals surface area contributed by atoms with Gasteiger partial charge in [-0.15, -0.1) is 11.3 Å². The lowest BCUT2D eigenvalue weighted by molar-refractivity contribution is -0.135. The van der Waals surface area contributed by atoms with Crippen molar-refractivity contribution in [2.75, 3.05) is 26.2 Å². The average molecular weight is 343 g/mol. The minimum absolute atomic E-state index is 0.0998. The van der Waals surface area contributed by atoms with E-state index in [0.717, 1.165) is 0 Å². The molecule has 1 aromatic heterocycles. The summed E-state index contributed by atoms with van der Waals surface area (Å²) in [4.78, 5) is 25.1. The van der Waals surface area contributed by atoms with Crippen LogP contribution in [0.15, 0.2) is 21.7 Å². The van der Waals surface area contributed by atoms with Gasteiger partial charge in [0.15, 0.2) is 0 Å². The van der Waals surface area contributed by atoms with Gasteiger partial charge in [-0.2, -0.15) is 4.31 Å². The predicted octanol–water partition coefficient (Wildman–Crippen LogP) is -0.140. The molecule has 0 aliphatic carbocycles. The monoisotopic (exact) mass is 343 g/mol. The number of sulfonamides is 1. The standard InChI is InChI=1S/C13H17N3O4S2/c17-11-4-3-10(14-11)13(18)15-5-7-16(8-6-15)22(19,20)12-2-1-9-21-12/h1-2,9-10H,3-8H2,(H,14,17)/t10-/m1/s1. The zero-order valence-corrected chi connectivity index (χ0v) is 13.5. The van der Waals surface area contributed by atoms with Crippen molar-refractivity contribution in [1.82, 2.24) is 14.5 Å². The van der Waals surface area contributed by atoms with Gasteiger partial charge in [0.2, 0.25) is 11.8 Å². The first kappa shape index (κ1) is 15.4. The van der Waals surface area contributed by atoms with Crippen molar-refractivity contribution < 1.29 is 18.0 Å². The molecule has 1 aromatic rings. The van der Waals surface area contributed by atoms with Gasteiger partial charge in [0.1, 0.15) is 10.3 Å². The number of amides is 2. The summed E-state index contributed by atoms with van der Waals surface area (Å²) in [7, 11) is -3.45. The first-order valence-corrected chi connectivity index (χ1v) is 9.42. The number of piperazine rings is 1. The molecular weight excluding hydrogens is 326 g/mol. The Bertz CT molecular complexity index is 663. The van der Waals surface area contributed by atoms with E-state index in [0.29, 0.717) is 30.1 Å². The number of nitrogens with zero attached hydrogens (tertiary/aromatic N) is 2. The van der Waals surface area contributed by atoms with E-state index in [1.54, 1.807) is 22.4 Å². The molecule has 0 radical (unpaired) electrons. The van der Waals surface area contributed by atoms with Crippen molar-refractivity contribution >= 4 is 33.2 Å². The lowest BCUT2D eigenvalue weighted by atomic mass is 10.2. The Morgan fingerprint density at radius 2 is 2.00 bits per heavy atom. The van der Waals surface area contributed by atoms with E-state index in [9.17, 15) is 18.0 Å². The van der Waals surface area contributed by atoms with Crippen molar-refractivity contribution in [2.45, 2.75) is 23.1 Å². The Kier molecular flexibility index (Phi) is 4.20. The maximum Gasteiger partial charge on any atom is 0.252 e. The van der Waals surface area contributed by atoms with Gasteiger partial charge in [-0.3, -0.25) is 9.59 Å². The Morgan fingerprint density at radius 3 is 2.55 bits per heavy atom. The molecule has 22 heavy (non-hydrogen) atoms. The number of nitrogens with one attached hydrogen (secondary N) is 1. The molecule has 2 fully saturated rings. The minimum Gasteiger partial charge on any atom is -0.344 e. The van der Waals surface area contributed by atoms with Gasteiger partial charge in [-0.25, -0.2) is 8.42 Å². The molecule has 120 valence electrons. The van der Waals surface area contributed by atoms with Gasteiger partial charge in [0.05, 0.1) is 0 Å². The van der Waals surface area contributed by atoms with Crippen LogP contribution in [0, 0.1) is 0 Å². The molecule has 2 amide bonds. The van der Waals surface area contributed by atoms with Crippen molar-refractivity contribution in [3.05, 3.63) is 17.5 Å². The summed E-state index contributed by atoms with van der Waals surface area (Å²) in [6.45, 7) is 1.28. The third-order valence-electron chi connectivity index (χ3n) is 3.93. The molecular formula is C13H17N3O4S2. The highest BCUT2D eigenvalue weighted by molar-refractivity contribution is 7.91. The van der Waals surface area contributed by atoms with Crippen LogP contribution in [-0.4, -0.2) is 61.7 Å². The third-order valence-corrected chi connectivity index (χ3v) is 7.20. The van der Waals surface area contributed by atoms with Crippen LogP contribution in [0.4, 0.5) is 0 Å². The lowest BCUT2D eigenvalue weighted by Gasteiger charge is -2.34. The molecule has 9 heteroatoms. The second-order valence-electron chi connectivity index (χ2n) is 5.32. The zero-order valence-electron chi connectivity index (χ0n) is 11.9. The SMILES string of the molecule is O=C1CC[C@H](C(=O)N2CCN(S(=O)(=O)c3cccs3)CC2)N1. The highest BCUT2D eigenvalue weighted by atomic mass is 32.2. The van der Waals surface area contributed by atoms with Gasteiger partial charge >= 0.3 is 0 Å². The fraction of sp³-hybridized carbons (Fsp3) is 0.538. The molecule has 7 nitrogen and oxygen atoms in total. The molecule has 0 spiro atoms. The van der Waals surface area contributed by atoms with E-state index in [1.165, 1.54) is 15.6 Å². The summed E-state index contributed by atoms with van der Waals surface area (Å²) in [5, 5.41) is 4.39. The summed E-state index contributed by atoms with van der Waals surface area (Å²) in [6, 6.07) is 2.85. The molecule has 1 N–H and O–H groups in total. The predicted molar refractivity (Wildman–Crippen MR) is 80.8 cm³/mol. The van der Waals surface area contributed by atoms with Crippen LogP contribution in [0.3, 0.4) is 0 Å². The summed E-state index contributed by atoms with van der Waals surface area (Å²) < 4.78 is 26.5. The van der Waals surface area contributed by atoms with E-state index in [4.69, 9.17) is 0 Å². The van der Waals surface area contributed by atoms with Gasteiger partial charge in [-0.05, 0) is 17.9 Å². The fourth-order valence-corrected chi connectivity index (χ4v) is 5.27. The molecule has 1 atom stereocenters. The van der Waals surface area contributed by atoms with E-state index in [1.807, 2.05) is 0 Å². The highest BCUT2D eigenvalue weighted by Crippen LogP contribution is 2.22. The Labute approximate surface area is 132 Å². The Hall–Kier alpha value is -1.45. The van der Waals surface area contributed by atoms with Crippen LogP contribution in [0.1, 0.15) is 12.8 Å². The summed E-state index contributed by atoms with van der Waals surface area (Å²) in [5.41, 5.74) is 0. The van der Waals surface area contributed by atoms with Crippen molar-refractivity contribution in [1.29, 1.82) is 0 Å². The zero-order chi connectivity index (χ0) is 15.7. The molecule has 2 aliphatic rings. The molecule has 0 aromatic carbocycles. The Morgan fingerprint density at radius 1 is 1.27 bits per heavy atom. The summed E-state index contributed by atoms with van der Waals surface area (Å²) in [6.07, 6.45) is 0.897. The van der Waals surface area contributed by atoms with Gasteiger partial charge in [-0.1, -0.05) is 6.07 Å². The van der Waals surface area contributed by atoms with Crippen LogP contribution in [-0.2, 0) is 19.6 Å². The molecule has 2 saturated heterocycles. The second kappa shape index (κ2) is 5.98. The average Bonchev–Trinajstić information content (AvgIpc) is 3.18. The van der Waals surface area contributed by atoms with Gasteiger partial charge < -0.3 is 10.2 Å². The van der Waals surface area contributed by atoms with Crippen LogP contribution < -0.4 is 5.32 Å². The maximum absolute atomic E-state index is 12.4. The van der Waals surface area contributed by atoms with Crippen LogP contribution in [0.2, 0.25) is 0 Å². The topological polar surface area (TPSA) is 86.8 Å². The van der Waals surface area contributed by atoms with Crippen molar-refractivity contribution in [2.24, 2.45) is 0 Å². The third kappa shape index (κ3) is 2.88. The van der Waals surface area contributed by atoms with E-state index >= 15 is 0 Å². The number of hydrogen-bond donors (Lipinski definition) is 1. The molecule has 0 unspecified atom stereocenters. The maximum atomic E-state index is 12.4. The quantitative estimate of drug-likeness (QED) is 0.828. The van der Waals surface area contributed by atoms with E-state index in [2.05, 4.69) is 5.32 Å². The van der Waals surface area contributed by atoms with Crippen LogP contribution in [0.5, 0.6) is 0 Å². The number of rotatable bonds is 3. The molecule has 3 heterocycles. The van der Waals surface area contributed by atoms with Gasteiger partial charge in [0.25, 0.3) is 10.0 Å². The van der Waals surface area contributed by atoms with Gasteiger partial charge in [0, 0.05) is 32.6 Å². The van der Waals surface area contributed by atoms with Crippen LogP contribution in [0.25, 0.3) is 0 Å². The molecule has 3 rings (SSSR count). The Balaban J connectivity index is 1.61. The van der Waals surface area contributed by atoms with Crippen molar-refractivity contribution in [3.8, 4) is 0 Å². The fourth-order valence-electron chi connectivity index (χ4n) is 2.71. The summed E-state index contributed by atoms with van der Waals surface area (Å²) >= 11 is 1.19. The number of thiophene rings is 1. The minimum atomic E-state index is -3.45. The summed E-state index contributed by atoms with van der Waals surface area (Å²) in [5.74, 6) is -0.212. The largest absolute Gasteiger partial charge is 0.344 e. The highest BCUT2D eigenvalue weighted by Gasteiger charge is 2.35. The molecule has 0 bridgehead atoms. The van der Waals surface area contributed by atoms with Crippen LogP contribution >= 0.6 is 11.3 Å². The lowest BCUT2D eigenvalue weighted by Crippen LogP contribution is -2.54.